The third kappa shape index (κ3) is 2.76. The summed E-state index contributed by atoms with van der Waals surface area (Å²) >= 11 is 0. The molecule has 1 amide bonds. The topological polar surface area (TPSA) is 63.2 Å². The monoisotopic (exact) mass is 315 g/mol. The van der Waals surface area contributed by atoms with Crippen molar-refractivity contribution in [2.24, 2.45) is 0 Å². The van der Waals surface area contributed by atoms with Gasteiger partial charge in [-0.1, -0.05) is 48.5 Å². The van der Waals surface area contributed by atoms with E-state index in [0.717, 1.165) is 5.56 Å². The molecule has 4 nitrogen and oxygen atoms in total. The number of rotatable bonds is 3. The van der Waals surface area contributed by atoms with E-state index in [0.29, 0.717) is 11.3 Å². The number of benzene rings is 2. The lowest BCUT2D eigenvalue weighted by Crippen LogP contribution is -2.45. The number of hydrogen-bond donors (Lipinski definition) is 1. The molecule has 1 fully saturated rings. The van der Waals surface area contributed by atoms with Crippen molar-refractivity contribution in [3.8, 4) is 0 Å². The molecule has 2 aromatic rings. The van der Waals surface area contributed by atoms with Gasteiger partial charge >= 0.3 is 0 Å². The summed E-state index contributed by atoms with van der Waals surface area (Å²) in [6, 6.07) is 17.2. The van der Waals surface area contributed by atoms with Gasteiger partial charge in [0.25, 0.3) is 0 Å². The summed E-state index contributed by atoms with van der Waals surface area (Å²) in [5, 5.41) is 2.20. The molecule has 2 aromatic carbocycles. The van der Waals surface area contributed by atoms with Crippen LogP contribution in [0.5, 0.6) is 0 Å². The zero-order valence-corrected chi connectivity index (χ0v) is 12.8. The first-order valence-electron chi connectivity index (χ1n) is 7.22. The van der Waals surface area contributed by atoms with Crippen molar-refractivity contribution in [1.82, 2.24) is 5.32 Å². The molecule has 0 aliphatic carbocycles. The van der Waals surface area contributed by atoms with Crippen molar-refractivity contribution in [1.29, 1.82) is 0 Å². The second kappa shape index (κ2) is 5.93. The average Bonchev–Trinajstić information content (AvgIpc) is 2.56. The van der Waals surface area contributed by atoms with Crippen LogP contribution in [0.25, 0.3) is 0 Å². The maximum Gasteiger partial charge on any atom is 0.220 e. The van der Waals surface area contributed by atoms with Crippen LogP contribution in [0.4, 0.5) is 0 Å². The van der Waals surface area contributed by atoms with E-state index in [1.54, 1.807) is 30.3 Å². The molecule has 0 saturated carbocycles. The fraction of sp³-hybridized carbons (Fsp3) is 0.235. The Labute approximate surface area is 130 Å². The van der Waals surface area contributed by atoms with Crippen LogP contribution >= 0.6 is 0 Å². The zero-order chi connectivity index (χ0) is 15.6. The third-order valence-corrected chi connectivity index (χ3v) is 6.21. The normalized spacial score (nSPS) is 22.1. The van der Waals surface area contributed by atoms with Gasteiger partial charge in [-0.2, -0.15) is 0 Å². The average molecular weight is 315 g/mol. The van der Waals surface area contributed by atoms with E-state index in [-0.39, 0.29) is 12.3 Å². The second-order valence-electron chi connectivity index (χ2n) is 5.39. The maximum absolute atomic E-state index is 12.9. The highest BCUT2D eigenvalue weighted by Gasteiger charge is 2.39. The number of nitrogens with one attached hydrogen (secondary N) is 1. The van der Waals surface area contributed by atoms with E-state index < -0.39 is 21.1 Å². The number of hydrogen-bond acceptors (Lipinski definition) is 3. The van der Waals surface area contributed by atoms with Gasteiger partial charge in [0.05, 0.1) is 16.2 Å². The molecule has 1 N–H and O–H groups in total. The van der Waals surface area contributed by atoms with E-state index in [9.17, 15) is 13.2 Å². The minimum atomic E-state index is -3.50. The molecule has 0 aromatic heterocycles. The Kier molecular flexibility index (Phi) is 3.98. The standard InChI is InChI=1S/C17H17NO3S/c19-16-12-11-15(17(18-16)13-7-3-1-4-8-13)22(20,21)14-9-5-2-6-10-14/h1-10,15,17H,11-12H2,(H,18,19)/t15-,17+/m1/s1. The minimum Gasteiger partial charge on any atom is -0.348 e. The van der Waals surface area contributed by atoms with Gasteiger partial charge in [0.15, 0.2) is 9.84 Å². The summed E-state index contributed by atoms with van der Waals surface area (Å²) < 4.78 is 25.9. The van der Waals surface area contributed by atoms with Crippen LogP contribution < -0.4 is 5.32 Å². The number of amides is 1. The first-order valence-corrected chi connectivity index (χ1v) is 8.77. The predicted molar refractivity (Wildman–Crippen MR) is 84.0 cm³/mol. The largest absolute Gasteiger partial charge is 0.348 e. The van der Waals surface area contributed by atoms with Crippen LogP contribution in [0.3, 0.4) is 0 Å². The van der Waals surface area contributed by atoms with Gasteiger partial charge in [-0.15, -0.1) is 0 Å². The van der Waals surface area contributed by atoms with Gasteiger partial charge in [-0.05, 0) is 24.1 Å². The van der Waals surface area contributed by atoms with Crippen molar-refractivity contribution < 1.29 is 13.2 Å². The summed E-state index contributed by atoms with van der Waals surface area (Å²) in [5.41, 5.74) is 0.819. The molecule has 114 valence electrons. The number of piperidine rings is 1. The summed E-state index contributed by atoms with van der Waals surface area (Å²) in [6.45, 7) is 0. The lowest BCUT2D eigenvalue weighted by Gasteiger charge is -2.32. The fourth-order valence-electron chi connectivity index (χ4n) is 2.86. The summed E-state index contributed by atoms with van der Waals surface area (Å²) in [6.07, 6.45) is 0.572. The molecular formula is C17H17NO3S. The van der Waals surface area contributed by atoms with Crippen LogP contribution in [0.15, 0.2) is 65.6 Å². The Morgan fingerprint density at radius 2 is 1.50 bits per heavy atom. The van der Waals surface area contributed by atoms with Crippen LogP contribution in [-0.4, -0.2) is 19.6 Å². The fourth-order valence-corrected chi connectivity index (χ4v) is 4.75. The Morgan fingerprint density at radius 3 is 2.14 bits per heavy atom. The Hall–Kier alpha value is -2.14. The molecule has 5 heteroatoms. The lowest BCUT2D eigenvalue weighted by atomic mass is 9.97. The van der Waals surface area contributed by atoms with Gasteiger partial charge in [-0.3, -0.25) is 4.79 Å². The van der Waals surface area contributed by atoms with E-state index in [2.05, 4.69) is 5.32 Å². The summed E-state index contributed by atoms with van der Waals surface area (Å²) in [7, 11) is -3.50. The van der Waals surface area contributed by atoms with Crippen LogP contribution in [-0.2, 0) is 14.6 Å². The molecule has 2 atom stereocenters. The second-order valence-corrected chi connectivity index (χ2v) is 7.56. The van der Waals surface area contributed by atoms with Crippen molar-refractivity contribution in [3.63, 3.8) is 0 Å². The van der Waals surface area contributed by atoms with E-state index in [1.807, 2.05) is 30.3 Å². The molecule has 3 rings (SSSR count). The van der Waals surface area contributed by atoms with Gasteiger partial charge in [0.2, 0.25) is 5.91 Å². The molecule has 0 bridgehead atoms. The lowest BCUT2D eigenvalue weighted by molar-refractivity contribution is -0.123. The number of carbonyl (C=O) groups is 1. The first kappa shape index (κ1) is 14.8. The highest BCUT2D eigenvalue weighted by atomic mass is 32.2. The molecule has 1 heterocycles. The van der Waals surface area contributed by atoms with Crippen molar-refractivity contribution in [2.75, 3.05) is 0 Å². The summed E-state index contributed by atoms with van der Waals surface area (Å²) in [5.74, 6) is -0.103. The van der Waals surface area contributed by atoms with Gasteiger partial charge < -0.3 is 5.32 Å². The van der Waals surface area contributed by atoms with Crippen molar-refractivity contribution in [2.45, 2.75) is 29.0 Å². The molecular weight excluding hydrogens is 298 g/mol. The Balaban J connectivity index is 2.02. The van der Waals surface area contributed by atoms with Gasteiger partial charge in [0.1, 0.15) is 0 Å². The smallest absolute Gasteiger partial charge is 0.220 e. The Morgan fingerprint density at radius 1 is 0.909 bits per heavy atom. The van der Waals surface area contributed by atoms with E-state index >= 15 is 0 Å². The van der Waals surface area contributed by atoms with E-state index in [1.165, 1.54) is 0 Å². The molecule has 1 saturated heterocycles. The van der Waals surface area contributed by atoms with Crippen molar-refractivity contribution >= 4 is 15.7 Å². The quantitative estimate of drug-likeness (QED) is 0.946. The molecule has 1 aliphatic heterocycles. The minimum absolute atomic E-state index is 0.103. The Bertz CT molecular complexity index is 757. The van der Waals surface area contributed by atoms with E-state index in [4.69, 9.17) is 0 Å². The molecule has 0 radical (unpaired) electrons. The maximum atomic E-state index is 12.9. The van der Waals surface area contributed by atoms with Crippen LogP contribution in [0.2, 0.25) is 0 Å². The van der Waals surface area contributed by atoms with Gasteiger partial charge in [-0.25, -0.2) is 8.42 Å². The summed E-state index contributed by atoms with van der Waals surface area (Å²) in [4.78, 5) is 12.1. The first-order chi connectivity index (χ1) is 10.6. The molecule has 22 heavy (non-hydrogen) atoms. The molecule has 0 unspecified atom stereocenters. The van der Waals surface area contributed by atoms with Crippen molar-refractivity contribution in [3.05, 3.63) is 66.2 Å². The molecule has 0 spiro atoms. The van der Waals surface area contributed by atoms with Gasteiger partial charge in [0, 0.05) is 6.42 Å². The number of carbonyl (C=O) groups excluding carboxylic acids is 1. The molecule has 1 aliphatic rings. The highest BCUT2D eigenvalue weighted by molar-refractivity contribution is 7.92. The predicted octanol–water partition coefficient (Wildman–Crippen LogP) is 2.48. The number of sulfone groups is 1. The van der Waals surface area contributed by atoms with Crippen LogP contribution in [0, 0.1) is 0 Å². The third-order valence-electron chi connectivity index (χ3n) is 3.97. The SMILES string of the molecule is O=C1CC[C@@H](S(=O)(=O)c2ccccc2)[C@H](c2ccccc2)N1. The zero-order valence-electron chi connectivity index (χ0n) is 12.0. The highest BCUT2D eigenvalue weighted by Crippen LogP contribution is 2.32. The van der Waals surface area contributed by atoms with Crippen LogP contribution in [0.1, 0.15) is 24.4 Å².